The molecule has 25 heavy (non-hydrogen) atoms. The van der Waals surface area contributed by atoms with Crippen LogP contribution < -0.4 is 15.2 Å². The van der Waals surface area contributed by atoms with Crippen molar-refractivity contribution in [2.45, 2.75) is 11.3 Å². The second kappa shape index (κ2) is 8.53. The molecule has 1 heterocycles. The Hall–Kier alpha value is -1.80. The number of fused-ring (bicyclic) bond motifs is 1. The normalized spacial score (nSPS) is 12.9. The minimum absolute atomic E-state index is 0. The average Bonchev–Trinajstić information content (AvgIpc) is 3.07. The molecule has 0 aliphatic carbocycles. The molecule has 3 rings (SSSR count). The smallest absolute Gasteiger partial charge is 0.243 e. The van der Waals surface area contributed by atoms with Gasteiger partial charge in [0.2, 0.25) is 16.8 Å². The van der Waals surface area contributed by atoms with Gasteiger partial charge >= 0.3 is 0 Å². The zero-order valence-corrected chi connectivity index (χ0v) is 15.3. The van der Waals surface area contributed by atoms with Gasteiger partial charge in [-0.05, 0) is 24.1 Å². The quantitative estimate of drug-likeness (QED) is 0.789. The molecule has 2 N–H and O–H groups in total. The fourth-order valence-corrected chi connectivity index (χ4v) is 4.05. The van der Waals surface area contributed by atoms with E-state index in [0.29, 0.717) is 24.5 Å². The number of nitrogens with two attached hydrogens (primary N) is 1. The highest BCUT2D eigenvalue weighted by molar-refractivity contribution is 7.89. The van der Waals surface area contributed by atoms with Crippen LogP contribution in [0.15, 0.2) is 53.4 Å². The number of halogens is 1. The van der Waals surface area contributed by atoms with Crippen LogP contribution in [-0.2, 0) is 16.4 Å². The highest BCUT2D eigenvalue weighted by Crippen LogP contribution is 2.34. The number of hydrogen-bond donors (Lipinski definition) is 1. The second-order valence-electron chi connectivity index (χ2n) is 5.44. The summed E-state index contributed by atoms with van der Waals surface area (Å²) in [6.45, 7) is 1.01. The summed E-state index contributed by atoms with van der Waals surface area (Å²) in [5, 5.41) is 0. The van der Waals surface area contributed by atoms with E-state index in [1.807, 2.05) is 30.3 Å². The van der Waals surface area contributed by atoms with Gasteiger partial charge in [0.15, 0.2) is 11.5 Å². The van der Waals surface area contributed by atoms with Gasteiger partial charge in [-0.15, -0.1) is 12.4 Å². The molecule has 0 fully saturated rings. The summed E-state index contributed by atoms with van der Waals surface area (Å²) in [5.41, 5.74) is 6.70. The number of benzene rings is 2. The summed E-state index contributed by atoms with van der Waals surface area (Å²) in [6, 6.07) is 14.4. The predicted molar refractivity (Wildman–Crippen MR) is 97.8 cm³/mol. The highest BCUT2D eigenvalue weighted by atomic mass is 35.5. The molecule has 2 aromatic rings. The van der Waals surface area contributed by atoms with Gasteiger partial charge in [0.25, 0.3) is 0 Å². The van der Waals surface area contributed by atoms with Crippen molar-refractivity contribution in [2.24, 2.45) is 5.73 Å². The maximum atomic E-state index is 12.9. The number of ether oxygens (including phenoxy) is 2. The lowest BCUT2D eigenvalue weighted by Crippen LogP contribution is -2.36. The number of rotatable bonds is 7. The van der Waals surface area contributed by atoms with E-state index in [1.54, 1.807) is 6.07 Å². The number of sulfonamides is 1. The maximum Gasteiger partial charge on any atom is 0.243 e. The Balaban J connectivity index is 0.00000225. The van der Waals surface area contributed by atoms with Crippen LogP contribution in [-0.4, -0.2) is 39.2 Å². The molecule has 1 aliphatic heterocycles. The first-order chi connectivity index (χ1) is 11.6. The van der Waals surface area contributed by atoms with E-state index in [4.69, 9.17) is 15.2 Å². The van der Waals surface area contributed by atoms with E-state index in [9.17, 15) is 8.42 Å². The van der Waals surface area contributed by atoms with Gasteiger partial charge in [0, 0.05) is 25.7 Å². The van der Waals surface area contributed by atoms with E-state index in [-0.39, 0.29) is 37.2 Å². The van der Waals surface area contributed by atoms with Crippen LogP contribution in [0.2, 0.25) is 0 Å². The Morgan fingerprint density at radius 2 is 1.72 bits per heavy atom. The fraction of sp³-hybridized carbons (Fsp3) is 0.294. The monoisotopic (exact) mass is 384 g/mol. The van der Waals surface area contributed by atoms with E-state index in [0.717, 1.165) is 5.56 Å². The van der Waals surface area contributed by atoms with Crippen LogP contribution in [0.25, 0.3) is 0 Å². The predicted octanol–water partition coefficient (Wildman–Crippen LogP) is 2.03. The standard InChI is InChI=1S/C17H20N2O4S.ClH/c18-9-11-19(10-8-14-4-2-1-3-5-14)24(20,21)15-6-7-16-17(12-15)23-13-22-16;/h1-7,12H,8-11,13,18H2;1H. The van der Waals surface area contributed by atoms with Gasteiger partial charge in [-0.25, -0.2) is 8.42 Å². The lowest BCUT2D eigenvalue weighted by atomic mass is 10.1. The lowest BCUT2D eigenvalue weighted by molar-refractivity contribution is 0.174. The summed E-state index contributed by atoms with van der Waals surface area (Å²) < 4.78 is 37.8. The molecule has 0 saturated carbocycles. The Bertz CT molecular complexity index is 800. The van der Waals surface area contributed by atoms with Crippen molar-refractivity contribution in [3.8, 4) is 11.5 Å². The first-order valence-corrected chi connectivity index (χ1v) is 9.19. The summed E-state index contributed by atoms with van der Waals surface area (Å²) >= 11 is 0. The molecule has 6 nitrogen and oxygen atoms in total. The van der Waals surface area contributed by atoms with Crippen molar-refractivity contribution in [3.63, 3.8) is 0 Å². The van der Waals surface area contributed by atoms with Crippen LogP contribution in [0.3, 0.4) is 0 Å². The minimum atomic E-state index is -3.64. The summed E-state index contributed by atoms with van der Waals surface area (Å²) in [6.07, 6.45) is 0.630. The molecular formula is C17H21ClN2O4S. The zero-order valence-electron chi connectivity index (χ0n) is 13.6. The molecule has 0 bridgehead atoms. The molecule has 0 amide bonds. The molecule has 2 aromatic carbocycles. The van der Waals surface area contributed by atoms with E-state index in [2.05, 4.69) is 0 Å². The molecule has 1 aliphatic rings. The van der Waals surface area contributed by atoms with Gasteiger partial charge in [0.05, 0.1) is 4.90 Å². The fourth-order valence-electron chi connectivity index (χ4n) is 2.58. The van der Waals surface area contributed by atoms with Crippen molar-refractivity contribution >= 4 is 22.4 Å². The van der Waals surface area contributed by atoms with Crippen LogP contribution >= 0.6 is 12.4 Å². The summed E-state index contributed by atoms with van der Waals surface area (Å²) in [7, 11) is -3.64. The molecule has 0 radical (unpaired) electrons. The molecule has 0 aromatic heterocycles. The molecule has 136 valence electrons. The molecule has 0 atom stereocenters. The largest absolute Gasteiger partial charge is 0.454 e. The van der Waals surface area contributed by atoms with Gasteiger partial charge in [-0.2, -0.15) is 4.31 Å². The van der Waals surface area contributed by atoms with Gasteiger partial charge in [-0.3, -0.25) is 0 Å². The van der Waals surface area contributed by atoms with Crippen molar-refractivity contribution < 1.29 is 17.9 Å². The third-order valence-corrected chi connectivity index (χ3v) is 5.75. The van der Waals surface area contributed by atoms with E-state index < -0.39 is 10.0 Å². The first kappa shape index (κ1) is 19.5. The molecule has 8 heteroatoms. The van der Waals surface area contributed by atoms with Crippen LogP contribution in [0.1, 0.15) is 5.56 Å². The Morgan fingerprint density at radius 1 is 1.00 bits per heavy atom. The van der Waals surface area contributed by atoms with Crippen LogP contribution in [0.5, 0.6) is 11.5 Å². The van der Waals surface area contributed by atoms with Crippen LogP contribution in [0.4, 0.5) is 0 Å². The molecular weight excluding hydrogens is 364 g/mol. The summed E-state index contributed by atoms with van der Waals surface area (Å²) in [4.78, 5) is 0.188. The molecule has 0 saturated heterocycles. The first-order valence-electron chi connectivity index (χ1n) is 7.75. The Morgan fingerprint density at radius 3 is 2.44 bits per heavy atom. The third-order valence-electron chi connectivity index (χ3n) is 3.85. The molecule has 0 unspecified atom stereocenters. The van der Waals surface area contributed by atoms with Crippen LogP contribution in [0, 0.1) is 0 Å². The highest BCUT2D eigenvalue weighted by Gasteiger charge is 2.26. The van der Waals surface area contributed by atoms with Crippen molar-refractivity contribution in [2.75, 3.05) is 26.4 Å². The average molecular weight is 385 g/mol. The maximum absolute atomic E-state index is 12.9. The third kappa shape index (κ3) is 4.43. The molecule has 0 spiro atoms. The Kier molecular flexibility index (Phi) is 6.66. The lowest BCUT2D eigenvalue weighted by Gasteiger charge is -2.21. The Labute approximate surface area is 154 Å². The topological polar surface area (TPSA) is 81.9 Å². The van der Waals surface area contributed by atoms with Crippen molar-refractivity contribution in [1.82, 2.24) is 4.31 Å². The zero-order chi connectivity index (χ0) is 17.0. The number of nitrogens with zero attached hydrogens (tertiary/aromatic N) is 1. The van der Waals surface area contributed by atoms with E-state index >= 15 is 0 Å². The van der Waals surface area contributed by atoms with Crippen molar-refractivity contribution in [1.29, 1.82) is 0 Å². The second-order valence-corrected chi connectivity index (χ2v) is 7.38. The van der Waals surface area contributed by atoms with Gasteiger partial charge in [0.1, 0.15) is 0 Å². The SMILES string of the molecule is Cl.NCCN(CCc1ccccc1)S(=O)(=O)c1ccc2c(c1)OCO2. The number of hydrogen-bond acceptors (Lipinski definition) is 5. The van der Waals surface area contributed by atoms with Gasteiger partial charge in [-0.1, -0.05) is 30.3 Å². The van der Waals surface area contributed by atoms with Gasteiger partial charge < -0.3 is 15.2 Å². The van der Waals surface area contributed by atoms with Crippen molar-refractivity contribution in [3.05, 3.63) is 54.1 Å². The summed E-state index contributed by atoms with van der Waals surface area (Å²) in [5.74, 6) is 1.01. The minimum Gasteiger partial charge on any atom is -0.454 e. The van der Waals surface area contributed by atoms with E-state index in [1.165, 1.54) is 16.4 Å².